The quantitative estimate of drug-likeness (QED) is 0.870. The molecule has 1 saturated heterocycles. The molecule has 1 aromatic carbocycles. The van der Waals surface area contributed by atoms with E-state index in [0.29, 0.717) is 5.02 Å². The van der Waals surface area contributed by atoms with E-state index in [4.69, 9.17) is 11.6 Å². The minimum atomic E-state index is 0.00114. The minimum absolute atomic E-state index is 0.00114. The van der Waals surface area contributed by atoms with E-state index in [9.17, 15) is 10.2 Å². The number of aliphatic hydroxyl groups is 2. The highest BCUT2D eigenvalue weighted by Crippen LogP contribution is 2.30. The van der Waals surface area contributed by atoms with Gasteiger partial charge in [-0.05, 0) is 31.4 Å². The summed E-state index contributed by atoms with van der Waals surface area (Å²) in [6, 6.07) is 5.66. The summed E-state index contributed by atoms with van der Waals surface area (Å²) in [5.41, 5.74) is 1.83. The van der Waals surface area contributed by atoms with Crippen LogP contribution in [0.15, 0.2) is 18.2 Å². The summed E-state index contributed by atoms with van der Waals surface area (Å²) < 4.78 is 0. The van der Waals surface area contributed by atoms with Crippen LogP contribution in [-0.4, -0.2) is 29.4 Å². The zero-order chi connectivity index (χ0) is 12.3. The Labute approximate surface area is 107 Å². The second-order valence-electron chi connectivity index (χ2n) is 4.46. The third kappa shape index (κ3) is 2.73. The molecule has 2 rings (SSSR count). The highest BCUT2D eigenvalue weighted by atomic mass is 35.5. The maximum absolute atomic E-state index is 9.42. The fraction of sp³-hybridized carbons (Fsp3) is 0.538. The minimum Gasteiger partial charge on any atom is -0.394 e. The summed E-state index contributed by atoms with van der Waals surface area (Å²) in [4.78, 5) is 2.17. The number of rotatable bonds is 3. The number of benzene rings is 1. The third-order valence-electron chi connectivity index (χ3n) is 3.37. The van der Waals surface area contributed by atoms with Crippen molar-refractivity contribution in [1.29, 1.82) is 0 Å². The van der Waals surface area contributed by atoms with Crippen LogP contribution >= 0.6 is 11.6 Å². The van der Waals surface area contributed by atoms with Gasteiger partial charge in [0.1, 0.15) is 0 Å². The number of anilines is 1. The molecule has 4 heteroatoms. The lowest BCUT2D eigenvalue weighted by molar-refractivity contribution is 0.238. The van der Waals surface area contributed by atoms with Gasteiger partial charge in [0.15, 0.2) is 0 Å². The molecule has 1 heterocycles. The second-order valence-corrected chi connectivity index (χ2v) is 4.89. The Morgan fingerprint density at radius 2 is 2.12 bits per heavy atom. The summed E-state index contributed by atoms with van der Waals surface area (Å²) in [5, 5.41) is 19.5. The van der Waals surface area contributed by atoms with Gasteiger partial charge in [0, 0.05) is 22.8 Å². The van der Waals surface area contributed by atoms with Gasteiger partial charge in [-0.25, -0.2) is 0 Å². The lowest BCUT2D eigenvalue weighted by atomic mass is 10.0. The molecule has 94 valence electrons. The van der Waals surface area contributed by atoms with Gasteiger partial charge in [-0.3, -0.25) is 0 Å². The van der Waals surface area contributed by atoms with E-state index in [1.165, 1.54) is 0 Å². The lowest BCUT2D eigenvalue weighted by Crippen LogP contribution is -2.42. The van der Waals surface area contributed by atoms with Crippen molar-refractivity contribution in [3.63, 3.8) is 0 Å². The Bertz CT molecular complexity index is 384. The fourth-order valence-corrected chi connectivity index (χ4v) is 2.61. The van der Waals surface area contributed by atoms with Crippen LogP contribution < -0.4 is 4.90 Å². The summed E-state index contributed by atoms with van der Waals surface area (Å²) in [6.07, 6.45) is 3.26. The van der Waals surface area contributed by atoms with Gasteiger partial charge in [0.2, 0.25) is 0 Å². The van der Waals surface area contributed by atoms with E-state index in [-0.39, 0.29) is 19.3 Å². The molecular weight excluding hydrogens is 238 g/mol. The highest BCUT2D eigenvalue weighted by molar-refractivity contribution is 6.30. The Morgan fingerprint density at radius 3 is 2.82 bits per heavy atom. The van der Waals surface area contributed by atoms with Crippen LogP contribution in [0, 0.1) is 0 Å². The van der Waals surface area contributed by atoms with Crippen LogP contribution in [0.2, 0.25) is 5.02 Å². The van der Waals surface area contributed by atoms with Gasteiger partial charge in [-0.1, -0.05) is 17.7 Å². The summed E-state index contributed by atoms with van der Waals surface area (Å²) in [5.74, 6) is 0. The van der Waals surface area contributed by atoms with Crippen LogP contribution in [0.1, 0.15) is 24.8 Å². The van der Waals surface area contributed by atoms with Crippen molar-refractivity contribution in [1.82, 2.24) is 0 Å². The molecule has 0 bridgehead atoms. The molecule has 1 aliphatic rings. The van der Waals surface area contributed by atoms with Gasteiger partial charge in [0.25, 0.3) is 0 Å². The van der Waals surface area contributed by atoms with Gasteiger partial charge in [-0.2, -0.15) is 0 Å². The number of nitrogens with zero attached hydrogens (tertiary/aromatic N) is 1. The molecule has 1 aromatic rings. The molecule has 0 amide bonds. The van der Waals surface area contributed by atoms with Crippen LogP contribution in [0.5, 0.6) is 0 Å². The van der Waals surface area contributed by atoms with Crippen LogP contribution in [-0.2, 0) is 6.61 Å². The van der Waals surface area contributed by atoms with Crippen LogP contribution in [0.25, 0.3) is 0 Å². The van der Waals surface area contributed by atoms with Crippen molar-refractivity contribution >= 4 is 17.3 Å². The van der Waals surface area contributed by atoms with Crippen molar-refractivity contribution in [3.05, 3.63) is 28.8 Å². The molecule has 2 N–H and O–H groups in total. The average molecular weight is 256 g/mol. The van der Waals surface area contributed by atoms with Gasteiger partial charge < -0.3 is 15.1 Å². The Kier molecular flexibility index (Phi) is 4.26. The van der Waals surface area contributed by atoms with E-state index >= 15 is 0 Å². The predicted octanol–water partition coefficient (Wildman–Crippen LogP) is 2.18. The summed E-state index contributed by atoms with van der Waals surface area (Å²) in [6.45, 7) is 1.07. The molecule has 1 unspecified atom stereocenters. The first kappa shape index (κ1) is 12.7. The maximum atomic E-state index is 9.42. The van der Waals surface area contributed by atoms with E-state index in [2.05, 4.69) is 4.90 Å². The SMILES string of the molecule is OCc1ccc(Cl)cc1N1CCCCC1CO. The fourth-order valence-electron chi connectivity index (χ4n) is 2.45. The van der Waals surface area contributed by atoms with Gasteiger partial charge in [0.05, 0.1) is 19.3 Å². The monoisotopic (exact) mass is 255 g/mol. The molecule has 17 heavy (non-hydrogen) atoms. The van der Waals surface area contributed by atoms with Gasteiger partial charge in [-0.15, -0.1) is 0 Å². The zero-order valence-electron chi connectivity index (χ0n) is 9.77. The average Bonchev–Trinajstić information content (AvgIpc) is 2.38. The Balaban J connectivity index is 2.33. The second kappa shape index (κ2) is 5.71. The van der Waals surface area contributed by atoms with Crippen molar-refractivity contribution in [2.45, 2.75) is 31.9 Å². The normalized spacial score (nSPS) is 20.6. The lowest BCUT2D eigenvalue weighted by Gasteiger charge is -2.37. The molecular formula is C13H18ClNO2. The molecule has 0 aromatic heterocycles. The van der Waals surface area contributed by atoms with Crippen LogP contribution in [0.4, 0.5) is 5.69 Å². The molecule has 0 aliphatic carbocycles. The van der Waals surface area contributed by atoms with Crippen molar-refractivity contribution in [2.24, 2.45) is 0 Å². The molecule has 0 spiro atoms. The molecule has 0 radical (unpaired) electrons. The highest BCUT2D eigenvalue weighted by Gasteiger charge is 2.23. The first-order chi connectivity index (χ1) is 8.26. The molecule has 0 saturated carbocycles. The largest absolute Gasteiger partial charge is 0.394 e. The van der Waals surface area contributed by atoms with Crippen molar-refractivity contribution in [2.75, 3.05) is 18.1 Å². The van der Waals surface area contributed by atoms with Crippen molar-refractivity contribution < 1.29 is 10.2 Å². The maximum Gasteiger partial charge on any atom is 0.0702 e. The summed E-state index contributed by atoms with van der Waals surface area (Å²) >= 11 is 6.01. The smallest absolute Gasteiger partial charge is 0.0702 e. The van der Waals surface area contributed by atoms with Gasteiger partial charge >= 0.3 is 0 Å². The Hall–Kier alpha value is -0.770. The number of hydrogen-bond acceptors (Lipinski definition) is 3. The molecule has 1 atom stereocenters. The third-order valence-corrected chi connectivity index (χ3v) is 3.60. The van der Waals surface area contributed by atoms with E-state index in [0.717, 1.165) is 37.1 Å². The number of aliphatic hydroxyl groups excluding tert-OH is 2. The van der Waals surface area contributed by atoms with Crippen LogP contribution in [0.3, 0.4) is 0 Å². The number of hydrogen-bond donors (Lipinski definition) is 2. The van der Waals surface area contributed by atoms with E-state index < -0.39 is 0 Å². The summed E-state index contributed by atoms with van der Waals surface area (Å²) in [7, 11) is 0. The Morgan fingerprint density at radius 1 is 1.29 bits per heavy atom. The molecule has 1 aliphatic heterocycles. The number of piperidine rings is 1. The molecule has 3 nitrogen and oxygen atoms in total. The first-order valence-electron chi connectivity index (χ1n) is 6.03. The predicted molar refractivity (Wildman–Crippen MR) is 69.4 cm³/mol. The zero-order valence-corrected chi connectivity index (χ0v) is 10.5. The van der Waals surface area contributed by atoms with E-state index in [1.807, 2.05) is 12.1 Å². The molecule has 1 fully saturated rings. The standard InChI is InChI=1S/C13H18ClNO2/c14-11-5-4-10(8-16)13(7-11)15-6-2-1-3-12(15)9-17/h4-5,7,12,16-17H,1-3,6,8-9H2. The van der Waals surface area contributed by atoms with E-state index in [1.54, 1.807) is 6.07 Å². The topological polar surface area (TPSA) is 43.7 Å². The van der Waals surface area contributed by atoms with Crippen molar-refractivity contribution in [3.8, 4) is 0 Å². The number of halogens is 1. The first-order valence-corrected chi connectivity index (χ1v) is 6.41.